The molecule has 0 aliphatic carbocycles. The zero-order valence-corrected chi connectivity index (χ0v) is 11.1. The molecule has 0 aromatic rings. The minimum Gasteiger partial charge on any atom is -0.229 e. The van der Waals surface area contributed by atoms with E-state index in [4.69, 9.17) is 23.2 Å². The van der Waals surface area contributed by atoms with Gasteiger partial charge >= 0.3 is 0 Å². The van der Waals surface area contributed by atoms with E-state index >= 15 is 0 Å². The van der Waals surface area contributed by atoms with E-state index in [2.05, 4.69) is 0 Å². The Hall–Kier alpha value is 0.530. The molecule has 0 unspecified atom stereocenters. The van der Waals surface area contributed by atoms with Gasteiger partial charge in [0.15, 0.2) is 0 Å². The molecule has 0 heterocycles. The molecular weight excluding hydrogens is 243 g/mol. The third kappa shape index (κ3) is 5.42. The number of alkyl halides is 2. The number of sulfone groups is 1. The zero-order valence-electron chi connectivity index (χ0n) is 8.72. The quantitative estimate of drug-likeness (QED) is 0.660. The highest BCUT2D eigenvalue weighted by molar-refractivity contribution is 7.90. The summed E-state index contributed by atoms with van der Waals surface area (Å²) in [7, 11) is -2.86. The summed E-state index contributed by atoms with van der Waals surface area (Å²) < 4.78 is 21.8. The third-order valence-corrected chi connectivity index (χ3v) is 4.70. The predicted molar refractivity (Wildman–Crippen MR) is 63.1 cm³/mol. The molecule has 0 aromatic heterocycles. The average Bonchev–Trinajstić information content (AvgIpc) is 2.11. The maximum atomic E-state index is 10.9. The Morgan fingerprint density at radius 3 is 2.00 bits per heavy atom. The van der Waals surface area contributed by atoms with Crippen LogP contribution in [0.15, 0.2) is 0 Å². The Kier molecular flexibility index (Phi) is 6.42. The summed E-state index contributed by atoms with van der Waals surface area (Å²) in [4.78, 5) is 0. The average molecular weight is 261 g/mol. The van der Waals surface area contributed by atoms with Crippen LogP contribution in [0.5, 0.6) is 0 Å². The maximum Gasteiger partial charge on any atom is 0.147 e. The topological polar surface area (TPSA) is 34.1 Å². The van der Waals surface area contributed by atoms with Crippen molar-refractivity contribution in [2.24, 2.45) is 5.41 Å². The maximum absolute atomic E-state index is 10.9. The minimum absolute atomic E-state index is 0.0895. The highest BCUT2D eigenvalue weighted by Gasteiger charge is 2.26. The van der Waals surface area contributed by atoms with Crippen molar-refractivity contribution < 1.29 is 8.42 Å². The molecule has 86 valence electrons. The second-order valence-corrected chi connectivity index (χ2v) is 6.65. The van der Waals surface area contributed by atoms with E-state index in [-0.39, 0.29) is 11.2 Å². The van der Waals surface area contributed by atoms with Gasteiger partial charge in [0.25, 0.3) is 0 Å². The number of rotatable bonds is 7. The molecule has 0 fully saturated rings. The van der Waals surface area contributed by atoms with Gasteiger partial charge in [-0.15, -0.1) is 23.2 Å². The monoisotopic (exact) mass is 260 g/mol. The summed E-state index contributed by atoms with van der Waals surface area (Å²) in [5.74, 6) is 1.22. The van der Waals surface area contributed by atoms with Gasteiger partial charge in [-0.3, -0.25) is 0 Å². The van der Waals surface area contributed by atoms with Crippen molar-refractivity contribution in [2.75, 3.05) is 23.8 Å². The Bertz CT molecular complexity index is 237. The SMILES string of the molecule is CCC(CCl)(CCl)CCCS(C)(=O)=O. The molecule has 2 nitrogen and oxygen atoms in total. The summed E-state index contributed by atoms with van der Waals surface area (Å²) in [6.45, 7) is 2.03. The van der Waals surface area contributed by atoms with Crippen LogP contribution in [0, 0.1) is 5.41 Å². The minimum atomic E-state index is -2.86. The predicted octanol–water partition coefficient (Wildman–Crippen LogP) is 2.69. The molecule has 0 radical (unpaired) electrons. The first kappa shape index (κ1) is 14.5. The van der Waals surface area contributed by atoms with Gasteiger partial charge in [-0.1, -0.05) is 6.92 Å². The number of hydrogen-bond acceptors (Lipinski definition) is 2. The Balaban J connectivity index is 4.08. The van der Waals surface area contributed by atoms with Crippen molar-refractivity contribution in [1.29, 1.82) is 0 Å². The normalized spacial score (nSPS) is 13.1. The second-order valence-electron chi connectivity index (χ2n) is 3.85. The van der Waals surface area contributed by atoms with E-state index in [9.17, 15) is 8.42 Å². The van der Waals surface area contributed by atoms with Crippen LogP contribution in [0.1, 0.15) is 26.2 Å². The summed E-state index contributed by atoms with van der Waals surface area (Å²) >= 11 is 11.7. The molecule has 0 atom stereocenters. The fourth-order valence-electron chi connectivity index (χ4n) is 1.24. The van der Waals surface area contributed by atoms with Gasteiger partial charge in [0.2, 0.25) is 0 Å². The highest BCUT2D eigenvalue weighted by atomic mass is 35.5. The lowest BCUT2D eigenvalue weighted by Gasteiger charge is -2.27. The molecule has 0 spiro atoms. The van der Waals surface area contributed by atoms with Crippen LogP contribution in [0.3, 0.4) is 0 Å². The lowest BCUT2D eigenvalue weighted by atomic mass is 9.85. The van der Waals surface area contributed by atoms with Crippen LogP contribution in [-0.4, -0.2) is 32.2 Å². The van der Waals surface area contributed by atoms with Crippen molar-refractivity contribution in [3.63, 3.8) is 0 Å². The lowest BCUT2D eigenvalue weighted by molar-refractivity contribution is 0.331. The van der Waals surface area contributed by atoms with Crippen LogP contribution in [0.25, 0.3) is 0 Å². The van der Waals surface area contributed by atoms with Crippen LogP contribution in [0.2, 0.25) is 0 Å². The van der Waals surface area contributed by atoms with Gasteiger partial charge in [-0.25, -0.2) is 8.42 Å². The van der Waals surface area contributed by atoms with Crippen LogP contribution < -0.4 is 0 Å². The molecule has 5 heteroatoms. The molecule has 0 saturated heterocycles. The summed E-state index contributed by atoms with van der Waals surface area (Å²) in [5.41, 5.74) is -0.0895. The zero-order chi connectivity index (χ0) is 11.2. The Morgan fingerprint density at radius 2 is 1.71 bits per heavy atom. The summed E-state index contributed by atoms with van der Waals surface area (Å²) in [6.07, 6.45) is 3.57. The first-order chi connectivity index (χ1) is 6.39. The standard InChI is InChI=1S/C9H18Cl2O2S/c1-3-9(7-10,8-11)5-4-6-14(2,12)13/h3-8H2,1-2H3. The molecular formula is C9H18Cl2O2S. The van der Waals surface area contributed by atoms with Crippen molar-refractivity contribution in [2.45, 2.75) is 26.2 Å². The van der Waals surface area contributed by atoms with E-state index in [1.807, 2.05) is 6.92 Å². The van der Waals surface area contributed by atoms with Crippen molar-refractivity contribution in [3.05, 3.63) is 0 Å². The van der Waals surface area contributed by atoms with E-state index in [1.165, 1.54) is 6.26 Å². The lowest BCUT2D eigenvalue weighted by Crippen LogP contribution is -2.25. The van der Waals surface area contributed by atoms with Crippen molar-refractivity contribution >= 4 is 33.0 Å². The van der Waals surface area contributed by atoms with E-state index in [1.54, 1.807) is 0 Å². The van der Waals surface area contributed by atoms with Crippen LogP contribution in [0.4, 0.5) is 0 Å². The highest BCUT2D eigenvalue weighted by Crippen LogP contribution is 2.31. The smallest absolute Gasteiger partial charge is 0.147 e. The van der Waals surface area contributed by atoms with Crippen molar-refractivity contribution in [3.8, 4) is 0 Å². The molecule has 0 amide bonds. The number of halogens is 2. The van der Waals surface area contributed by atoms with E-state index < -0.39 is 9.84 Å². The Morgan fingerprint density at radius 1 is 1.21 bits per heavy atom. The second kappa shape index (κ2) is 6.19. The first-order valence-corrected chi connectivity index (χ1v) is 7.82. The van der Waals surface area contributed by atoms with Crippen LogP contribution >= 0.6 is 23.2 Å². The third-order valence-electron chi connectivity index (χ3n) is 2.54. The van der Waals surface area contributed by atoms with Gasteiger partial charge in [0.05, 0.1) is 0 Å². The molecule has 0 saturated carbocycles. The molecule has 0 N–H and O–H groups in total. The Labute approximate surface area is 96.9 Å². The van der Waals surface area contributed by atoms with Crippen LogP contribution in [-0.2, 0) is 9.84 Å². The molecule has 0 aromatic carbocycles. The molecule has 0 bridgehead atoms. The van der Waals surface area contributed by atoms with Gasteiger partial charge in [0.1, 0.15) is 9.84 Å². The van der Waals surface area contributed by atoms with E-state index in [0.29, 0.717) is 18.2 Å². The van der Waals surface area contributed by atoms with Crippen molar-refractivity contribution in [1.82, 2.24) is 0 Å². The fourth-order valence-corrected chi connectivity index (χ4v) is 2.84. The van der Waals surface area contributed by atoms with Gasteiger partial charge < -0.3 is 0 Å². The first-order valence-electron chi connectivity index (χ1n) is 4.69. The summed E-state index contributed by atoms with van der Waals surface area (Å²) in [5, 5.41) is 0. The van der Waals surface area contributed by atoms with Gasteiger partial charge in [-0.05, 0) is 24.7 Å². The fraction of sp³-hybridized carbons (Fsp3) is 1.00. The van der Waals surface area contributed by atoms with Gasteiger partial charge in [-0.2, -0.15) is 0 Å². The van der Waals surface area contributed by atoms with E-state index in [0.717, 1.165) is 12.8 Å². The molecule has 14 heavy (non-hydrogen) atoms. The molecule has 0 aliphatic heterocycles. The van der Waals surface area contributed by atoms with Gasteiger partial charge in [0, 0.05) is 23.8 Å². The largest absolute Gasteiger partial charge is 0.229 e. The number of hydrogen-bond donors (Lipinski definition) is 0. The molecule has 0 rings (SSSR count). The summed E-state index contributed by atoms with van der Waals surface area (Å²) in [6, 6.07) is 0. The molecule has 0 aliphatic rings.